The van der Waals surface area contributed by atoms with E-state index in [4.69, 9.17) is 10.5 Å². The predicted octanol–water partition coefficient (Wildman–Crippen LogP) is 2.35. The molecule has 0 radical (unpaired) electrons. The van der Waals surface area contributed by atoms with Crippen molar-refractivity contribution in [2.45, 2.75) is 43.2 Å². The number of hydrogen-bond acceptors (Lipinski definition) is 3. The van der Waals surface area contributed by atoms with E-state index in [1.807, 2.05) is 18.2 Å². The van der Waals surface area contributed by atoms with E-state index in [1.165, 1.54) is 12.8 Å². The highest BCUT2D eigenvalue weighted by Gasteiger charge is 2.21. The van der Waals surface area contributed by atoms with Crippen LogP contribution in [0.5, 0.6) is 5.75 Å². The highest BCUT2D eigenvalue weighted by Crippen LogP contribution is 2.26. The summed E-state index contributed by atoms with van der Waals surface area (Å²) in [7, 11) is 0.897. The van der Waals surface area contributed by atoms with Crippen LogP contribution in [-0.4, -0.2) is 16.6 Å². The Morgan fingerprint density at radius 2 is 2.11 bits per heavy atom. The molecule has 1 aliphatic rings. The summed E-state index contributed by atoms with van der Waals surface area (Å²) < 4.78 is 17.5. The molecule has 1 fully saturated rings. The normalized spacial score (nSPS) is 17.9. The summed E-state index contributed by atoms with van der Waals surface area (Å²) >= 11 is 0. The van der Waals surface area contributed by atoms with Gasteiger partial charge in [-0.1, -0.05) is 18.9 Å². The van der Waals surface area contributed by atoms with Gasteiger partial charge in [-0.05, 0) is 30.5 Å². The van der Waals surface area contributed by atoms with E-state index < -0.39 is 10.8 Å². The number of hydrogen-bond donors (Lipinski definition) is 1. The number of benzene rings is 1. The molecule has 0 aliphatic heterocycles. The van der Waals surface area contributed by atoms with E-state index in [0.717, 1.165) is 29.7 Å². The van der Waals surface area contributed by atoms with Crippen LogP contribution in [0.25, 0.3) is 0 Å². The van der Waals surface area contributed by atoms with Crippen molar-refractivity contribution in [3.05, 3.63) is 29.3 Å². The first-order valence-electron chi connectivity index (χ1n) is 6.47. The van der Waals surface area contributed by atoms with Gasteiger partial charge in [0.25, 0.3) is 0 Å². The van der Waals surface area contributed by atoms with E-state index in [9.17, 15) is 4.21 Å². The third-order valence-corrected chi connectivity index (χ3v) is 5.38. The average molecular weight is 267 g/mol. The molecule has 0 spiro atoms. The number of methoxy groups -OCH3 is 1. The summed E-state index contributed by atoms with van der Waals surface area (Å²) in [5.74, 6) is 1.45. The van der Waals surface area contributed by atoms with Crippen molar-refractivity contribution in [2.75, 3.05) is 7.11 Å². The van der Waals surface area contributed by atoms with Gasteiger partial charge >= 0.3 is 0 Å². The maximum absolute atomic E-state index is 12.2. The van der Waals surface area contributed by atoms with Crippen LogP contribution in [0.15, 0.2) is 18.2 Å². The quantitative estimate of drug-likeness (QED) is 0.891. The molecule has 18 heavy (non-hydrogen) atoms. The van der Waals surface area contributed by atoms with Crippen LogP contribution in [0, 0.1) is 0 Å². The third-order valence-electron chi connectivity index (χ3n) is 3.55. The Morgan fingerprint density at radius 3 is 2.72 bits per heavy atom. The molecule has 1 aromatic carbocycles. The molecule has 2 N–H and O–H groups in total. The van der Waals surface area contributed by atoms with Gasteiger partial charge in [0.15, 0.2) is 0 Å². The van der Waals surface area contributed by atoms with Crippen molar-refractivity contribution in [3.8, 4) is 5.75 Å². The lowest BCUT2D eigenvalue weighted by molar-refractivity contribution is 0.409. The minimum atomic E-state index is -0.747. The van der Waals surface area contributed by atoms with Crippen LogP contribution in [-0.2, 0) is 23.1 Å². The number of rotatable bonds is 5. The SMILES string of the molecule is COc1ccc(CS(=O)C2CCCC2)cc1CN. The molecule has 0 bridgehead atoms. The fourth-order valence-corrected chi connectivity index (χ4v) is 4.12. The van der Waals surface area contributed by atoms with Gasteiger partial charge < -0.3 is 10.5 Å². The Balaban J connectivity index is 2.06. The van der Waals surface area contributed by atoms with E-state index in [-0.39, 0.29) is 0 Å². The fraction of sp³-hybridized carbons (Fsp3) is 0.571. The van der Waals surface area contributed by atoms with Crippen LogP contribution >= 0.6 is 0 Å². The minimum absolute atomic E-state index is 0.397. The third kappa shape index (κ3) is 3.12. The van der Waals surface area contributed by atoms with Crippen molar-refractivity contribution in [1.82, 2.24) is 0 Å². The topological polar surface area (TPSA) is 52.3 Å². The van der Waals surface area contributed by atoms with Gasteiger partial charge in [0.1, 0.15) is 5.75 Å². The molecule has 1 aliphatic carbocycles. The van der Waals surface area contributed by atoms with Crippen LogP contribution in [0.2, 0.25) is 0 Å². The highest BCUT2D eigenvalue weighted by atomic mass is 32.2. The monoisotopic (exact) mass is 267 g/mol. The van der Waals surface area contributed by atoms with Crippen LogP contribution < -0.4 is 10.5 Å². The molecule has 1 aromatic rings. The maximum atomic E-state index is 12.2. The van der Waals surface area contributed by atoms with Gasteiger partial charge in [0.05, 0.1) is 7.11 Å². The summed E-state index contributed by atoms with van der Waals surface area (Å²) in [4.78, 5) is 0. The lowest BCUT2D eigenvalue weighted by Gasteiger charge is -2.12. The molecule has 1 unspecified atom stereocenters. The maximum Gasteiger partial charge on any atom is 0.123 e. The van der Waals surface area contributed by atoms with Gasteiger partial charge in [-0.25, -0.2) is 0 Å². The first-order valence-corrected chi connectivity index (χ1v) is 7.86. The molecule has 0 amide bonds. The summed E-state index contributed by atoms with van der Waals surface area (Å²) in [6.07, 6.45) is 4.69. The molecule has 100 valence electrons. The Labute approximate surface area is 111 Å². The molecular formula is C14H21NO2S. The van der Waals surface area contributed by atoms with E-state index in [1.54, 1.807) is 7.11 Å². The molecule has 0 aromatic heterocycles. The van der Waals surface area contributed by atoms with Crippen molar-refractivity contribution < 1.29 is 8.95 Å². The lowest BCUT2D eigenvalue weighted by atomic mass is 10.1. The highest BCUT2D eigenvalue weighted by molar-refractivity contribution is 7.84. The van der Waals surface area contributed by atoms with Crippen molar-refractivity contribution in [3.63, 3.8) is 0 Å². The first kappa shape index (κ1) is 13.6. The molecule has 0 heterocycles. The summed E-state index contributed by atoms with van der Waals surface area (Å²) in [5, 5.41) is 0.397. The number of ether oxygens (including phenoxy) is 1. The minimum Gasteiger partial charge on any atom is -0.496 e. The van der Waals surface area contributed by atoms with Gasteiger partial charge in [-0.2, -0.15) is 0 Å². The zero-order chi connectivity index (χ0) is 13.0. The predicted molar refractivity (Wildman–Crippen MR) is 75.0 cm³/mol. The smallest absolute Gasteiger partial charge is 0.123 e. The molecule has 4 heteroatoms. The van der Waals surface area contributed by atoms with Crippen molar-refractivity contribution in [1.29, 1.82) is 0 Å². The second kappa shape index (κ2) is 6.34. The molecule has 2 rings (SSSR count). The second-order valence-corrected chi connectivity index (χ2v) is 6.50. The summed E-state index contributed by atoms with van der Waals surface area (Å²) in [6, 6.07) is 5.93. The fourth-order valence-electron chi connectivity index (χ4n) is 2.51. The van der Waals surface area contributed by atoms with E-state index >= 15 is 0 Å². The van der Waals surface area contributed by atoms with Gasteiger partial charge in [-0.3, -0.25) is 4.21 Å². The second-order valence-electron chi connectivity index (χ2n) is 4.78. The standard InChI is InChI=1S/C14H21NO2S/c1-17-14-7-6-11(8-12(14)9-15)10-18(16)13-4-2-3-5-13/h6-8,13H,2-5,9-10,15H2,1H3. The number of nitrogens with two attached hydrogens (primary N) is 1. The molecular weight excluding hydrogens is 246 g/mol. The van der Waals surface area contributed by atoms with Crippen LogP contribution in [0.4, 0.5) is 0 Å². The van der Waals surface area contributed by atoms with E-state index in [0.29, 0.717) is 17.5 Å². The van der Waals surface area contributed by atoms with E-state index in [2.05, 4.69) is 0 Å². The van der Waals surface area contributed by atoms with Gasteiger partial charge in [0, 0.05) is 33.9 Å². The Bertz CT molecular complexity index is 428. The summed E-state index contributed by atoms with van der Waals surface area (Å²) in [6.45, 7) is 0.451. The lowest BCUT2D eigenvalue weighted by Crippen LogP contribution is -2.12. The molecule has 1 saturated carbocycles. The largest absolute Gasteiger partial charge is 0.496 e. The first-order chi connectivity index (χ1) is 8.74. The zero-order valence-corrected chi connectivity index (χ0v) is 11.7. The van der Waals surface area contributed by atoms with Crippen molar-refractivity contribution >= 4 is 10.8 Å². The average Bonchev–Trinajstić information content (AvgIpc) is 2.92. The van der Waals surface area contributed by atoms with Crippen LogP contribution in [0.1, 0.15) is 36.8 Å². The Morgan fingerprint density at radius 1 is 1.39 bits per heavy atom. The van der Waals surface area contributed by atoms with Gasteiger partial charge in [-0.15, -0.1) is 0 Å². The Kier molecular flexibility index (Phi) is 4.78. The van der Waals surface area contributed by atoms with Gasteiger partial charge in [0.2, 0.25) is 0 Å². The molecule has 0 saturated heterocycles. The van der Waals surface area contributed by atoms with Crippen LogP contribution in [0.3, 0.4) is 0 Å². The summed E-state index contributed by atoms with van der Waals surface area (Å²) in [5.41, 5.74) is 7.78. The van der Waals surface area contributed by atoms with Crippen molar-refractivity contribution in [2.24, 2.45) is 5.73 Å². The Hall–Kier alpha value is -0.870. The molecule has 3 nitrogen and oxygen atoms in total. The zero-order valence-electron chi connectivity index (χ0n) is 10.9. The molecule has 1 atom stereocenters.